The van der Waals surface area contributed by atoms with Crippen molar-refractivity contribution in [3.63, 3.8) is 0 Å². The third-order valence-electron chi connectivity index (χ3n) is 3.80. The van der Waals surface area contributed by atoms with Crippen LogP contribution in [-0.2, 0) is 12.8 Å². The SMILES string of the molecule is O=C(Nc1c2c(cc3c1OCC3)OCC2)NC1CC1. The van der Waals surface area contributed by atoms with E-state index in [2.05, 4.69) is 16.7 Å². The molecule has 0 unspecified atom stereocenters. The van der Waals surface area contributed by atoms with Crippen LogP contribution in [0.1, 0.15) is 24.0 Å². The van der Waals surface area contributed by atoms with E-state index < -0.39 is 0 Å². The zero-order valence-electron chi connectivity index (χ0n) is 10.6. The minimum Gasteiger partial charge on any atom is -0.493 e. The van der Waals surface area contributed by atoms with Gasteiger partial charge in [-0.15, -0.1) is 0 Å². The Morgan fingerprint density at radius 3 is 2.89 bits per heavy atom. The lowest BCUT2D eigenvalue weighted by atomic mass is 10.0. The Morgan fingerprint density at radius 2 is 2.05 bits per heavy atom. The maximum atomic E-state index is 11.9. The Labute approximate surface area is 111 Å². The number of hydrogen-bond acceptors (Lipinski definition) is 3. The summed E-state index contributed by atoms with van der Waals surface area (Å²) in [5.74, 6) is 1.72. The van der Waals surface area contributed by atoms with E-state index in [4.69, 9.17) is 9.47 Å². The van der Waals surface area contributed by atoms with Crippen molar-refractivity contribution in [3.05, 3.63) is 17.2 Å². The number of urea groups is 1. The molecule has 0 radical (unpaired) electrons. The fraction of sp³-hybridized carbons (Fsp3) is 0.500. The summed E-state index contributed by atoms with van der Waals surface area (Å²) in [6.45, 7) is 1.36. The first-order valence-electron chi connectivity index (χ1n) is 6.83. The summed E-state index contributed by atoms with van der Waals surface area (Å²) >= 11 is 0. The molecule has 0 bridgehead atoms. The van der Waals surface area contributed by atoms with Gasteiger partial charge in [0.25, 0.3) is 0 Å². The maximum Gasteiger partial charge on any atom is 0.319 e. The minimum absolute atomic E-state index is 0.138. The number of nitrogens with one attached hydrogen (secondary N) is 2. The van der Waals surface area contributed by atoms with Crippen molar-refractivity contribution in [1.29, 1.82) is 0 Å². The van der Waals surface area contributed by atoms with Crippen LogP contribution in [0.15, 0.2) is 6.07 Å². The molecule has 1 aromatic rings. The Hall–Kier alpha value is -1.91. The van der Waals surface area contributed by atoms with Gasteiger partial charge in [-0.3, -0.25) is 0 Å². The van der Waals surface area contributed by atoms with Crippen molar-refractivity contribution in [1.82, 2.24) is 5.32 Å². The number of rotatable bonds is 2. The van der Waals surface area contributed by atoms with Gasteiger partial charge in [0.2, 0.25) is 0 Å². The van der Waals surface area contributed by atoms with Gasteiger partial charge in [0.05, 0.1) is 18.9 Å². The summed E-state index contributed by atoms with van der Waals surface area (Å²) < 4.78 is 11.3. The molecule has 1 aliphatic carbocycles. The number of carbonyl (C=O) groups is 1. The van der Waals surface area contributed by atoms with E-state index in [0.29, 0.717) is 19.3 Å². The Balaban J connectivity index is 1.67. The molecule has 19 heavy (non-hydrogen) atoms. The van der Waals surface area contributed by atoms with Gasteiger partial charge < -0.3 is 20.1 Å². The standard InChI is InChI=1S/C14H16N2O3/c17-14(15-9-1-2-9)16-12-10-4-6-18-11(10)7-8-3-5-19-13(8)12/h7,9H,1-6H2,(H2,15,16,17). The summed E-state index contributed by atoms with van der Waals surface area (Å²) in [4.78, 5) is 11.9. The molecule has 4 rings (SSSR count). The molecule has 100 valence electrons. The average molecular weight is 260 g/mol. The zero-order valence-corrected chi connectivity index (χ0v) is 10.6. The van der Waals surface area contributed by atoms with E-state index in [-0.39, 0.29) is 6.03 Å². The molecule has 0 saturated heterocycles. The zero-order chi connectivity index (χ0) is 12.8. The van der Waals surface area contributed by atoms with E-state index in [1.807, 2.05) is 0 Å². The van der Waals surface area contributed by atoms with Crippen molar-refractivity contribution >= 4 is 11.7 Å². The number of amides is 2. The van der Waals surface area contributed by atoms with Crippen LogP contribution in [0.2, 0.25) is 0 Å². The van der Waals surface area contributed by atoms with Crippen LogP contribution in [0.25, 0.3) is 0 Å². The summed E-state index contributed by atoms with van der Waals surface area (Å²) in [6, 6.07) is 2.26. The van der Waals surface area contributed by atoms with Crippen molar-refractivity contribution in [2.75, 3.05) is 18.5 Å². The summed E-state index contributed by atoms with van der Waals surface area (Å²) in [6.07, 6.45) is 3.87. The van der Waals surface area contributed by atoms with Crippen molar-refractivity contribution in [2.24, 2.45) is 0 Å². The fourth-order valence-electron chi connectivity index (χ4n) is 2.68. The van der Waals surface area contributed by atoms with Crippen LogP contribution in [0.5, 0.6) is 11.5 Å². The van der Waals surface area contributed by atoms with Crippen LogP contribution in [-0.4, -0.2) is 25.3 Å². The fourth-order valence-corrected chi connectivity index (χ4v) is 2.68. The molecule has 2 aliphatic heterocycles. The largest absolute Gasteiger partial charge is 0.493 e. The Bertz CT molecular complexity index is 520. The van der Waals surface area contributed by atoms with E-state index in [0.717, 1.165) is 54.0 Å². The quantitative estimate of drug-likeness (QED) is 0.853. The van der Waals surface area contributed by atoms with Crippen molar-refractivity contribution in [2.45, 2.75) is 31.7 Å². The van der Waals surface area contributed by atoms with Gasteiger partial charge in [-0.1, -0.05) is 0 Å². The predicted molar refractivity (Wildman–Crippen MR) is 70.0 cm³/mol. The maximum absolute atomic E-state index is 11.9. The van der Waals surface area contributed by atoms with E-state index in [1.165, 1.54) is 0 Å². The van der Waals surface area contributed by atoms with Crippen LogP contribution in [0, 0.1) is 0 Å². The number of benzene rings is 1. The molecule has 2 heterocycles. The molecule has 1 saturated carbocycles. The second-order valence-electron chi connectivity index (χ2n) is 5.29. The number of carbonyl (C=O) groups excluding carboxylic acids is 1. The van der Waals surface area contributed by atoms with Crippen LogP contribution in [0.4, 0.5) is 10.5 Å². The lowest BCUT2D eigenvalue weighted by Gasteiger charge is -2.14. The second kappa shape index (κ2) is 4.05. The summed E-state index contributed by atoms with van der Waals surface area (Å²) in [5, 5.41) is 5.90. The summed E-state index contributed by atoms with van der Waals surface area (Å²) in [5.41, 5.74) is 3.00. The molecule has 3 aliphatic rings. The van der Waals surface area contributed by atoms with E-state index in [9.17, 15) is 4.79 Å². The highest BCUT2D eigenvalue weighted by molar-refractivity contribution is 5.93. The highest BCUT2D eigenvalue weighted by Gasteiger charge is 2.29. The molecule has 0 spiro atoms. The molecule has 2 N–H and O–H groups in total. The molecule has 0 atom stereocenters. The summed E-state index contributed by atoms with van der Waals surface area (Å²) in [7, 11) is 0. The minimum atomic E-state index is -0.138. The van der Waals surface area contributed by atoms with Gasteiger partial charge in [0.15, 0.2) is 0 Å². The topological polar surface area (TPSA) is 59.6 Å². The lowest BCUT2D eigenvalue weighted by molar-refractivity contribution is 0.251. The van der Waals surface area contributed by atoms with Gasteiger partial charge in [0.1, 0.15) is 11.5 Å². The Kier molecular flexibility index (Phi) is 2.33. The lowest BCUT2D eigenvalue weighted by Crippen LogP contribution is -2.30. The van der Waals surface area contributed by atoms with E-state index in [1.54, 1.807) is 0 Å². The molecule has 5 nitrogen and oxygen atoms in total. The number of anilines is 1. The monoisotopic (exact) mass is 260 g/mol. The van der Waals surface area contributed by atoms with Gasteiger partial charge in [-0.25, -0.2) is 4.79 Å². The van der Waals surface area contributed by atoms with Crippen molar-refractivity contribution < 1.29 is 14.3 Å². The highest BCUT2D eigenvalue weighted by Crippen LogP contribution is 2.44. The molecule has 2 amide bonds. The van der Waals surface area contributed by atoms with Gasteiger partial charge in [0, 0.05) is 30.0 Å². The molecule has 1 aromatic carbocycles. The van der Waals surface area contributed by atoms with Gasteiger partial charge in [-0.05, 0) is 18.9 Å². The second-order valence-corrected chi connectivity index (χ2v) is 5.29. The van der Waals surface area contributed by atoms with Crippen LogP contribution < -0.4 is 20.1 Å². The Morgan fingerprint density at radius 1 is 1.21 bits per heavy atom. The predicted octanol–water partition coefficient (Wildman–Crippen LogP) is 1.84. The van der Waals surface area contributed by atoms with Gasteiger partial charge in [-0.2, -0.15) is 0 Å². The molecular formula is C14H16N2O3. The average Bonchev–Trinajstić information content (AvgIpc) is 2.92. The smallest absolute Gasteiger partial charge is 0.319 e. The van der Waals surface area contributed by atoms with Crippen LogP contribution >= 0.6 is 0 Å². The molecular weight excluding hydrogens is 244 g/mol. The van der Waals surface area contributed by atoms with Gasteiger partial charge >= 0.3 is 6.03 Å². The number of hydrogen-bond donors (Lipinski definition) is 2. The third-order valence-corrected chi connectivity index (χ3v) is 3.80. The third kappa shape index (κ3) is 1.89. The van der Waals surface area contributed by atoms with Crippen LogP contribution in [0.3, 0.4) is 0 Å². The first-order chi connectivity index (χ1) is 9.31. The first kappa shape index (κ1) is 11.0. The normalized spacial score (nSPS) is 19.2. The molecule has 0 aromatic heterocycles. The first-order valence-corrected chi connectivity index (χ1v) is 6.83. The highest BCUT2D eigenvalue weighted by atomic mass is 16.5. The molecule has 5 heteroatoms. The van der Waals surface area contributed by atoms with Crippen molar-refractivity contribution in [3.8, 4) is 11.5 Å². The van der Waals surface area contributed by atoms with E-state index >= 15 is 0 Å². The molecule has 1 fully saturated rings. The number of ether oxygens (including phenoxy) is 2. The number of fused-ring (bicyclic) bond motifs is 2.